The molecule has 0 unspecified atom stereocenters. The fraction of sp³-hybridized carbons (Fsp3) is 0.421. The number of amides is 1. The monoisotopic (exact) mass is 380 g/mol. The highest BCUT2D eigenvalue weighted by molar-refractivity contribution is 7.98. The van der Waals surface area contributed by atoms with E-state index >= 15 is 0 Å². The van der Waals surface area contributed by atoms with Crippen LogP contribution in [0.15, 0.2) is 40.8 Å². The van der Waals surface area contributed by atoms with Crippen molar-refractivity contribution in [3.63, 3.8) is 0 Å². The molecule has 1 aromatic carbocycles. The third-order valence-corrected chi connectivity index (χ3v) is 4.97. The molecular weight excluding hydrogens is 358 g/mol. The molecule has 0 bridgehead atoms. The Morgan fingerprint density at radius 1 is 1.08 bits per heavy atom. The summed E-state index contributed by atoms with van der Waals surface area (Å²) in [6.45, 7) is 1.99. The van der Waals surface area contributed by atoms with Crippen LogP contribution in [-0.2, 0) is 23.6 Å². The van der Waals surface area contributed by atoms with Crippen LogP contribution in [0, 0.1) is 0 Å². The fourth-order valence-corrected chi connectivity index (χ4v) is 3.39. The number of benzene rings is 1. The van der Waals surface area contributed by atoms with Gasteiger partial charge in [-0.1, -0.05) is 23.9 Å². The zero-order valence-corrected chi connectivity index (χ0v) is 15.2. The normalized spacial score (nSPS) is 15.0. The SMILES string of the molecule is O=C1CCCCN1c1ccc(CNCc2ccc(CSC(F)F)o2)cc1. The smallest absolute Gasteiger partial charge is 0.284 e. The molecule has 1 fully saturated rings. The van der Waals surface area contributed by atoms with Crippen LogP contribution in [0.2, 0.25) is 0 Å². The minimum absolute atomic E-state index is 0.175. The van der Waals surface area contributed by atoms with Crippen molar-refractivity contribution < 1.29 is 18.0 Å². The van der Waals surface area contributed by atoms with E-state index < -0.39 is 5.76 Å². The Morgan fingerprint density at radius 3 is 2.58 bits per heavy atom. The van der Waals surface area contributed by atoms with E-state index in [0.717, 1.165) is 36.4 Å². The highest BCUT2D eigenvalue weighted by atomic mass is 32.2. The number of rotatable bonds is 8. The van der Waals surface area contributed by atoms with Crippen molar-refractivity contribution in [2.24, 2.45) is 0 Å². The number of halogens is 2. The average Bonchev–Trinajstić information content (AvgIpc) is 3.09. The fourth-order valence-electron chi connectivity index (χ4n) is 2.94. The predicted molar refractivity (Wildman–Crippen MR) is 99.2 cm³/mol. The van der Waals surface area contributed by atoms with Gasteiger partial charge in [-0.25, -0.2) is 0 Å². The zero-order chi connectivity index (χ0) is 18.4. The van der Waals surface area contributed by atoms with Gasteiger partial charge in [0.05, 0.1) is 12.3 Å². The Morgan fingerprint density at radius 2 is 1.85 bits per heavy atom. The van der Waals surface area contributed by atoms with Crippen molar-refractivity contribution in [3.05, 3.63) is 53.5 Å². The molecule has 3 rings (SSSR count). The summed E-state index contributed by atoms with van der Waals surface area (Å²) in [5.74, 6) is -0.729. The summed E-state index contributed by atoms with van der Waals surface area (Å²) in [4.78, 5) is 13.8. The molecule has 1 amide bonds. The van der Waals surface area contributed by atoms with Crippen molar-refractivity contribution in [1.82, 2.24) is 5.32 Å². The van der Waals surface area contributed by atoms with E-state index in [1.165, 1.54) is 0 Å². The number of hydrogen-bond donors (Lipinski definition) is 1. The van der Waals surface area contributed by atoms with Gasteiger partial charge >= 0.3 is 0 Å². The molecule has 2 heterocycles. The first-order valence-corrected chi connectivity index (χ1v) is 9.74. The summed E-state index contributed by atoms with van der Waals surface area (Å²) in [5.41, 5.74) is 2.06. The van der Waals surface area contributed by atoms with E-state index in [1.54, 1.807) is 12.1 Å². The molecule has 26 heavy (non-hydrogen) atoms. The molecule has 1 aromatic heterocycles. The second-order valence-corrected chi connectivity index (χ2v) is 7.19. The molecule has 1 aliphatic heterocycles. The highest BCUT2D eigenvalue weighted by Gasteiger charge is 2.19. The summed E-state index contributed by atoms with van der Waals surface area (Å²) in [7, 11) is 0. The molecule has 0 radical (unpaired) electrons. The summed E-state index contributed by atoms with van der Waals surface area (Å²) < 4.78 is 29.9. The van der Waals surface area contributed by atoms with Gasteiger partial charge in [-0.3, -0.25) is 4.79 Å². The number of carbonyl (C=O) groups is 1. The van der Waals surface area contributed by atoms with Gasteiger partial charge in [0.15, 0.2) is 0 Å². The van der Waals surface area contributed by atoms with Crippen LogP contribution in [0.25, 0.3) is 0 Å². The first-order valence-electron chi connectivity index (χ1n) is 8.69. The minimum atomic E-state index is -2.38. The maximum absolute atomic E-state index is 12.2. The Hall–Kier alpha value is -1.86. The van der Waals surface area contributed by atoms with Crippen LogP contribution in [0.4, 0.5) is 14.5 Å². The number of piperidine rings is 1. The van der Waals surface area contributed by atoms with Crippen LogP contribution in [0.1, 0.15) is 36.3 Å². The first-order chi connectivity index (χ1) is 12.6. The number of furan rings is 1. The number of nitrogens with one attached hydrogen (secondary N) is 1. The average molecular weight is 380 g/mol. The van der Waals surface area contributed by atoms with Crippen LogP contribution < -0.4 is 10.2 Å². The Balaban J connectivity index is 1.45. The molecule has 1 aliphatic rings. The number of thioether (sulfide) groups is 1. The summed E-state index contributed by atoms with van der Waals surface area (Å²) in [6, 6.07) is 11.5. The van der Waals surface area contributed by atoms with E-state index in [9.17, 15) is 13.6 Å². The largest absolute Gasteiger partial charge is 0.464 e. The van der Waals surface area contributed by atoms with Gasteiger partial charge in [0.2, 0.25) is 5.91 Å². The highest BCUT2D eigenvalue weighted by Crippen LogP contribution is 2.22. The first kappa shape index (κ1) is 18.9. The van der Waals surface area contributed by atoms with Gasteiger partial charge in [-0.05, 0) is 42.7 Å². The van der Waals surface area contributed by atoms with Crippen molar-refractivity contribution in [3.8, 4) is 0 Å². The van der Waals surface area contributed by atoms with Crippen LogP contribution in [-0.4, -0.2) is 18.2 Å². The molecule has 0 aliphatic carbocycles. The third kappa shape index (κ3) is 5.32. The van der Waals surface area contributed by atoms with E-state index in [4.69, 9.17) is 4.42 Å². The van der Waals surface area contributed by atoms with Crippen LogP contribution in [0.5, 0.6) is 0 Å². The number of anilines is 1. The van der Waals surface area contributed by atoms with E-state index in [-0.39, 0.29) is 11.7 Å². The van der Waals surface area contributed by atoms with Crippen molar-refractivity contribution in [2.75, 3.05) is 11.4 Å². The summed E-state index contributed by atoms with van der Waals surface area (Å²) in [6.07, 6.45) is 2.66. The third-order valence-electron chi connectivity index (χ3n) is 4.27. The van der Waals surface area contributed by atoms with Crippen molar-refractivity contribution >= 4 is 23.4 Å². The van der Waals surface area contributed by atoms with Crippen LogP contribution >= 0.6 is 11.8 Å². The maximum Gasteiger partial charge on any atom is 0.284 e. The van der Waals surface area contributed by atoms with E-state index in [1.807, 2.05) is 29.2 Å². The standard InChI is InChI=1S/C19H22F2N2O2S/c20-19(21)26-13-17-9-8-16(25-17)12-22-11-14-4-6-15(7-5-14)23-10-2-1-3-18(23)24/h4-9,19,22H,1-3,10-13H2. The number of alkyl halides is 2. The minimum Gasteiger partial charge on any atom is -0.464 e. The van der Waals surface area contributed by atoms with E-state index in [2.05, 4.69) is 5.32 Å². The Labute approximate surface area is 155 Å². The topological polar surface area (TPSA) is 45.5 Å². The lowest BCUT2D eigenvalue weighted by Crippen LogP contribution is -2.35. The lowest BCUT2D eigenvalue weighted by Gasteiger charge is -2.26. The second kappa shape index (κ2) is 9.19. The quantitative estimate of drug-likeness (QED) is 0.730. The second-order valence-electron chi connectivity index (χ2n) is 6.21. The molecule has 140 valence electrons. The van der Waals surface area contributed by atoms with Gasteiger partial charge in [0.25, 0.3) is 5.76 Å². The van der Waals surface area contributed by atoms with Gasteiger partial charge in [0.1, 0.15) is 11.5 Å². The lowest BCUT2D eigenvalue weighted by atomic mass is 10.1. The molecule has 0 saturated carbocycles. The molecule has 4 nitrogen and oxygen atoms in total. The van der Waals surface area contributed by atoms with Gasteiger partial charge in [-0.15, -0.1) is 0 Å². The molecular formula is C19H22F2N2O2S. The van der Waals surface area contributed by atoms with Crippen molar-refractivity contribution in [1.29, 1.82) is 0 Å². The molecule has 2 aromatic rings. The lowest BCUT2D eigenvalue weighted by molar-refractivity contribution is -0.119. The molecule has 0 spiro atoms. The Bertz CT molecular complexity index is 719. The number of hydrogen-bond acceptors (Lipinski definition) is 4. The van der Waals surface area contributed by atoms with Crippen molar-refractivity contribution in [2.45, 2.75) is 43.9 Å². The van der Waals surface area contributed by atoms with Gasteiger partial charge in [0, 0.05) is 25.2 Å². The van der Waals surface area contributed by atoms with Gasteiger partial charge < -0.3 is 14.6 Å². The van der Waals surface area contributed by atoms with E-state index in [0.29, 0.717) is 37.0 Å². The van der Waals surface area contributed by atoms with Crippen LogP contribution in [0.3, 0.4) is 0 Å². The predicted octanol–water partition coefficient (Wildman–Crippen LogP) is 4.54. The molecule has 7 heteroatoms. The summed E-state index contributed by atoms with van der Waals surface area (Å²) in [5, 5.41) is 3.27. The van der Waals surface area contributed by atoms with Gasteiger partial charge in [-0.2, -0.15) is 8.78 Å². The zero-order valence-electron chi connectivity index (χ0n) is 14.4. The number of carbonyl (C=O) groups excluding carboxylic acids is 1. The molecule has 1 N–H and O–H groups in total. The molecule has 1 saturated heterocycles. The maximum atomic E-state index is 12.2. The molecule has 0 atom stereocenters. The Kier molecular flexibility index (Phi) is 6.68. The number of nitrogens with zero attached hydrogens (tertiary/aromatic N) is 1. The summed E-state index contributed by atoms with van der Waals surface area (Å²) >= 11 is 0.556.